The molecule has 0 spiro atoms. The molecule has 0 saturated carbocycles. The van der Waals surface area contributed by atoms with Gasteiger partial charge >= 0.3 is 5.97 Å². The summed E-state index contributed by atoms with van der Waals surface area (Å²) in [7, 11) is -2.70. The second kappa shape index (κ2) is 13.4. The molecule has 1 aromatic heterocycles. The Hall–Kier alpha value is -3.99. The van der Waals surface area contributed by atoms with Crippen molar-refractivity contribution >= 4 is 27.8 Å². The van der Waals surface area contributed by atoms with E-state index in [0.717, 1.165) is 12.8 Å². The molecule has 10 nitrogen and oxygen atoms in total. The Kier molecular flexibility index (Phi) is 9.96. The number of sulfonamides is 1. The number of aromatic nitrogens is 2. The first-order valence-electron chi connectivity index (χ1n) is 11.9. The number of esters is 1. The number of nitrogens with one attached hydrogen (secondary N) is 2. The highest BCUT2D eigenvalue weighted by Crippen LogP contribution is 2.24. The molecule has 3 rings (SSSR count). The van der Waals surface area contributed by atoms with E-state index in [0.29, 0.717) is 11.5 Å². The summed E-state index contributed by atoms with van der Waals surface area (Å²) in [5.41, 5.74) is 1.37. The number of ether oxygens (including phenoxy) is 2. The zero-order chi connectivity index (χ0) is 26.7. The van der Waals surface area contributed by atoms with Gasteiger partial charge in [-0.2, -0.15) is 0 Å². The van der Waals surface area contributed by atoms with Gasteiger partial charge in [0, 0.05) is 18.9 Å². The van der Waals surface area contributed by atoms with Crippen LogP contribution in [-0.4, -0.2) is 43.9 Å². The number of amides is 1. The molecule has 1 amide bonds. The summed E-state index contributed by atoms with van der Waals surface area (Å²) in [5, 5.41) is 2.52. The lowest BCUT2D eigenvalue weighted by atomic mass is 10.1. The Morgan fingerprint density at radius 3 is 2.14 bits per heavy atom. The maximum Gasteiger partial charge on any atom is 0.307 e. The molecule has 11 heteroatoms. The Balaban J connectivity index is 1.55. The monoisotopic (exact) mass is 526 g/mol. The van der Waals surface area contributed by atoms with Gasteiger partial charge in [0.15, 0.2) is 0 Å². The Morgan fingerprint density at radius 2 is 1.54 bits per heavy atom. The lowest BCUT2D eigenvalue weighted by Crippen LogP contribution is -2.26. The van der Waals surface area contributed by atoms with Gasteiger partial charge in [0.1, 0.15) is 11.5 Å². The highest BCUT2D eigenvalue weighted by molar-refractivity contribution is 7.92. The van der Waals surface area contributed by atoms with Crippen LogP contribution < -0.4 is 14.8 Å². The van der Waals surface area contributed by atoms with Crippen LogP contribution in [-0.2, 0) is 26.0 Å². The molecule has 1 heterocycles. The second-order valence-electron chi connectivity index (χ2n) is 8.16. The number of unbranched alkanes of at least 4 members (excludes halogenated alkanes) is 2. The molecule has 3 aromatic rings. The number of methoxy groups -OCH3 is 1. The largest absolute Gasteiger partial charge is 0.469 e. The topological polar surface area (TPSA) is 137 Å². The van der Waals surface area contributed by atoms with E-state index in [1.54, 1.807) is 12.1 Å². The number of aryl methyl sites for hydroxylation is 1. The maximum absolute atomic E-state index is 12.7. The molecule has 0 atom stereocenters. The van der Waals surface area contributed by atoms with Crippen LogP contribution in [0, 0.1) is 0 Å². The van der Waals surface area contributed by atoms with Crippen LogP contribution in [0.4, 0.5) is 5.95 Å². The second-order valence-corrected chi connectivity index (χ2v) is 9.84. The van der Waals surface area contributed by atoms with Crippen molar-refractivity contribution in [2.24, 2.45) is 0 Å². The van der Waals surface area contributed by atoms with Gasteiger partial charge in [-0.15, -0.1) is 0 Å². The number of carbonyl (C=O) groups excluding carboxylic acids is 2. The van der Waals surface area contributed by atoms with E-state index in [9.17, 15) is 18.0 Å². The van der Waals surface area contributed by atoms with E-state index in [1.807, 2.05) is 24.3 Å². The highest BCUT2D eigenvalue weighted by atomic mass is 32.2. The van der Waals surface area contributed by atoms with E-state index < -0.39 is 21.9 Å². The standard InChI is InChI=1S/C26H30N4O6S/c1-3-4-5-6-19-7-9-21(10-8-19)36-22-11-13-23(14-12-22)37(33,34)30-26-28-17-20(18-29-26)25(32)27-16-15-24(31)35-2/h7-14,17-18H,3-6,15-16H2,1-2H3,(H,27,32)(H,28,29,30). The minimum absolute atomic E-state index is 0.000600. The smallest absolute Gasteiger partial charge is 0.307 e. The Bertz CT molecular complexity index is 1280. The molecule has 2 aromatic carbocycles. The van der Waals surface area contributed by atoms with Gasteiger partial charge in [-0.1, -0.05) is 31.9 Å². The summed E-state index contributed by atoms with van der Waals surface area (Å²) in [6.45, 7) is 2.26. The molecule has 0 radical (unpaired) electrons. The Labute approximate surface area is 216 Å². The van der Waals surface area contributed by atoms with Gasteiger partial charge in [-0.05, 0) is 54.8 Å². The van der Waals surface area contributed by atoms with E-state index in [1.165, 1.54) is 50.0 Å². The van der Waals surface area contributed by atoms with Crippen molar-refractivity contribution in [3.05, 3.63) is 72.1 Å². The molecule has 0 fully saturated rings. The van der Waals surface area contributed by atoms with E-state index in [4.69, 9.17) is 4.74 Å². The first-order valence-corrected chi connectivity index (χ1v) is 13.4. The fourth-order valence-electron chi connectivity index (χ4n) is 3.29. The number of hydrogen-bond acceptors (Lipinski definition) is 8. The summed E-state index contributed by atoms with van der Waals surface area (Å²) in [6, 6.07) is 13.8. The molecule has 37 heavy (non-hydrogen) atoms. The van der Waals surface area contributed by atoms with E-state index in [2.05, 4.69) is 31.7 Å². The third kappa shape index (κ3) is 8.57. The van der Waals surface area contributed by atoms with Crippen LogP contribution in [0.3, 0.4) is 0 Å². The van der Waals surface area contributed by atoms with Gasteiger partial charge in [0.25, 0.3) is 15.9 Å². The highest BCUT2D eigenvalue weighted by Gasteiger charge is 2.17. The number of anilines is 1. The molecule has 0 aliphatic heterocycles. The van der Waals surface area contributed by atoms with Crippen LogP contribution in [0.25, 0.3) is 0 Å². The first-order chi connectivity index (χ1) is 17.8. The molecule has 0 saturated heterocycles. The average molecular weight is 527 g/mol. The van der Waals surface area contributed by atoms with Crippen molar-refractivity contribution in [2.75, 3.05) is 18.4 Å². The van der Waals surface area contributed by atoms with Crippen LogP contribution in [0.1, 0.15) is 48.5 Å². The molecule has 0 aliphatic rings. The number of carbonyl (C=O) groups is 2. The van der Waals surface area contributed by atoms with Gasteiger partial charge in [-0.3, -0.25) is 9.59 Å². The molecule has 0 bridgehead atoms. The van der Waals surface area contributed by atoms with Crippen LogP contribution >= 0.6 is 0 Å². The van der Waals surface area contributed by atoms with Crippen LogP contribution in [0.2, 0.25) is 0 Å². The lowest BCUT2D eigenvalue weighted by Gasteiger charge is -2.10. The molecule has 196 valence electrons. The number of nitrogens with zero attached hydrogens (tertiary/aromatic N) is 2. The van der Waals surface area contributed by atoms with Crippen molar-refractivity contribution in [1.82, 2.24) is 15.3 Å². The van der Waals surface area contributed by atoms with Crippen LogP contribution in [0.5, 0.6) is 11.5 Å². The maximum atomic E-state index is 12.7. The molecular weight excluding hydrogens is 496 g/mol. The normalized spacial score (nSPS) is 11.0. The summed E-state index contributed by atoms with van der Waals surface area (Å²) in [6.07, 6.45) is 6.97. The first kappa shape index (κ1) is 27.6. The number of hydrogen-bond donors (Lipinski definition) is 2. The summed E-state index contributed by atoms with van der Waals surface area (Å²) < 4.78 is 38.0. The SMILES string of the molecule is CCCCCc1ccc(Oc2ccc(S(=O)(=O)Nc3ncc(C(=O)NCCC(=O)OC)cn3)cc2)cc1. The van der Waals surface area contributed by atoms with E-state index >= 15 is 0 Å². The zero-order valence-electron chi connectivity index (χ0n) is 20.8. The van der Waals surface area contributed by atoms with Gasteiger partial charge in [-0.25, -0.2) is 23.1 Å². The van der Waals surface area contributed by atoms with Crippen molar-refractivity contribution in [1.29, 1.82) is 0 Å². The zero-order valence-corrected chi connectivity index (χ0v) is 21.6. The van der Waals surface area contributed by atoms with Crippen molar-refractivity contribution in [3.8, 4) is 11.5 Å². The lowest BCUT2D eigenvalue weighted by molar-refractivity contribution is -0.140. The average Bonchev–Trinajstić information content (AvgIpc) is 2.90. The molecular formula is C26H30N4O6S. The van der Waals surface area contributed by atoms with Crippen molar-refractivity contribution in [3.63, 3.8) is 0 Å². The summed E-state index contributed by atoms with van der Waals surface area (Å²) >= 11 is 0. The van der Waals surface area contributed by atoms with Gasteiger partial charge < -0.3 is 14.8 Å². The van der Waals surface area contributed by atoms with Gasteiger partial charge in [0.05, 0.1) is 24.0 Å². The predicted molar refractivity (Wildman–Crippen MR) is 138 cm³/mol. The third-order valence-corrected chi connectivity index (χ3v) is 6.69. The summed E-state index contributed by atoms with van der Waals surface area (Å²) in [5.74, 6) is 0.0190. The minimum Gasteiger partial charge on any atom is -0.469 e. The Morgan fingerprint density at radius 1 is 0.919 bits per heavy atom. The van der Waals surface area contributed by atoms with Gasteiger partial charge in [0.2, 0.25) is 5.95 Å². The molecule has 2 N–H and O–H groups in total. The number of benzene rings is 2. The molecule has 0 aliphatic carbocycles. The van der Waals surface area contributed by atoms with E-state index in [-0.39, 0.29) is 29.4 Å². The predicted octanol–water partition coefficient (Wildman–Crippen LogP) is 4.10. The van der Waals surface area contributed by atoms with Crippen molar-refractivity contribution < 1.29 is 27.5 Å². The van der Waals surface area contributed by atoms with Crippen LogP contribution in [0.15, 0.2) is 65.8 Å². The fraction of sp³-hybridized carbons (Fsp3) is 0.308. The summed E-state index contributed by atoms with van der Waals surface area (Å²) in [4.78, 5) is 31.0. The fourth-order valence-corrected chi connectivity index (χ4v) is 4.24. The molecule has 0 unspecified atom stereocenters. The third-order valence-electron chi connectivity index (χ3n) is 5.34. The van der Waals surface area contributed by atoms with Crippen molar-refractivity contribution in [2.45, 2.75) is 43.9 Å². The minimum atomic E-state index is -3.96. The number of rotatable bonds is 13. The quantitative estimate of drug-likeness (QED) is 0.251.